The first-order valence-corrected chi connectivity index (χ1v) is 4.62. The summed E-state index contributed by atoms with van der Waals surface area (Å²) >= 11 is 1.51. The highest BCUT2D eigenvalue weighted by Gasteiger charge is 2.08. The van der Waals surface area contributed by atoms with Gasteiger partial charge in [-0.15, -0.1) is 11.3 Å². The SMILES string of the molecule is Nc1ccc2scc(N)c2c1C=O. The smallest absolute Gasteiger partial charge is 0.152 e. The lowest BCUT2D eigenvalue weighted by Gasteiger charge is -2.00. The number of carbonyl (C=O) groups excluding carboxylic acids is 1. The topological polar surface area (TPSA) is 69.1 Å². The third kappa shape index (κ3) is 1.07. The molecule has 1 aromatic carbocycles. The molecule has 0 aliphatic rings. The van der Waals surface area contributed by atoms with Gasteiger partial charge in [0.05, 0.1) is 5.69 Å². The summed E-state index contributed by atoms with van der Waals surface area (Å²) in [7, 11) is 0. The van der Waals surface area contributed by atoms with Gasteiger partial charge in [0.1, 0.15) is 0 Å². The molecule has 4 heteroatoms. The summed E-state index contributed by atoms with van der Waals surface area (Å²) in [6, 6.07) is 3.60. The van der Waals surface area contributed by atoms with Crippen LogP contribution in [0.4, 0.5) is 11.4 Å². The van der Waals surface area contributed by atoms with Crippen molar-refractivity contribution in [3.05, 3.63) is 23.1 Å². The third-order valence-electron chi connectivity index (χ3n) is 1.96. The second kappa shape index (κ2) is 2.74. The first-order chi connectivity index (χ1) is 6.24. The van der Waals surface area contributed by atoms with Crippen LogP contribution in [0.1, 0.15) is 10.4 Å². The van der Waals surface area contributed by atoms with Crippen LogP contribution < -0.4 is 11.5 Å². The summed E-state index contributed by atoms with van der Waals surface area (Å²) in [6.07, 6.45) is 0.751. The fraction of sp³-hybridized carbons (Fsp3) is 0. The fourth-order valence-electron chi connectivity index (χ4n) is 1.32. The zero-order valence-corrected chi connectivity index (χ0v) is 7.60. The van der Waals surface area contributed by atoms with Crippen LogP contribution in [-0.2, 0) is 0 Å². The number of nitrogen functional groups attached to an aromatic ring is 2. The van der Waals surface area contributed by atoms with Crippen molar-refractivity contribution in [2.24, 2.45) is 0 Å². The lowest BCUT2D eigenvalue weighted by Crippen LogP contribution is -1.94. The van der Waals surface area contributed by atoms with Crippen LogP contribution in [0, 0.1) is 0 Å². The van der Waals surface area contributed by atoms with Crippen molar-refractivity contribution >= 4 is 39.1 Å². The first-order valence-electron chi connectivity index (χ1n) is 3.74. The molecule has 1 aromatic heterocycles. The Labute approximate surface area is 79.0 Å². The molecular weight excluding hydrogens is 184 g/mol. The van der Waals surface area contributed by atoms with E-state index in [-0.39, 0.29) is 0 Å². The van der Waals surface area contributed by atoms with Crippen LogP contribution >= 0.6 is 11.3 Å². The molecule has 0 aliphatic heterocycles. The van der Waals surface area contributed by atoms with Gasteiger partial charge in [-0.3, -0.25) is 4.79 Å². The van der Waals surface area contributed by atoms with Crippen LogP contribution in [0.25, 0.3) is 10.1 Å². The second-order valence-electron chi connectivity index (χ2n) is 2.75. The fourth-order valence-corrected chi connectivity index (χ4v) is 2.19. The van der Waals surface area contributed by atoms with Gasteiger partial charge in [-0.25, -0.2) is 0 Å². The van der Waals surface area contributed by atoms with Gasteiger partial charge >= 0.3 is 0 Å². The third-order valence-corrected chi connectivity index (χ3v) is 2.93. The van der Waals surface area contributed by atoms with Gasteiger partial charge in [-0.05, 0) is 12.1 Å². The highest BCUT2D eigenvalue weighted by Crippen LogP contribution is 2.32. The van der Waals surface area contributed by atoms with E-state index in [0.29, 0.717) is 16.9 Å². The molecule has 66 valence electrons. The van der Waals surface area contributed by atoms with Crippen LogP contribution in [0.5, 0.6) is 0 Å². The number of carbonyl (C=O) groups is 1. The quantitative estimate of drug-likeness (QED) is 0.535. The zero-order valence-electron chi connectivity index (χ0n) is 6.78. The Morgan fingerprint density at radius 2 is 2.00 bits per heavy atom. The van der Waals surface area contributed by atoms with Crippen molar-refractivity contribution in [3.63, 3.8) is 0 Å². The molecule has 4 N–H and O–H groups in total. The minimum atomic E-state index is 0.479. The van der Waals surface area contributed by atoms with Crippen molar-refractivity contribution in [3.8, 4) is 0 Å². The van der Waals surface area contributed by atoms with Gasteiger partial charge in [0.2, 0.25) is 0 Å². The summed E-state index contributed by atoms with van der Waals surface area (Å²) in [5, 5.41) is 2.59. The number of fused-ring (bicyclic) bond motifs is 1. The monoisotopic (exact) mass is 192 g/mol. The van der Waals surface area contributed by atoms with E-state index in [4.69, 9.17) is 11.5 Å². The van der Waals surface area contributed by atoms with Gasteiger partial charge in [0.25, 0.3) is 0 Å². The van der Waals surface area contributed by atoms with E-state index >= 15 is 0 Å². The molecule has 0 unspecified atom stereocenters. The van der Waals surface area contributed by atoms with Crippen molar-refractivity contribution < 1.29 is 4.79 Å². The van der Waals surface area contributed by atoms with E-state index in [1.807, 2.05) is 11.4 Å². The molecule has 0 saturated heterocycles. The number of rotatable bonds is 1. The molecule has 0 fully saturated rings. The number of nitrogens with two attached hydrogens (primary N) is 2. The zero-order chi connectivity index (χ0) is 9.42. The summed E-state index contributed by atoms with van der Waals surface area (Å²) in [4.78, 5) is 10.8. The van der Waals surface area contributed by atoms with Crippen LogP contribution in [0.15, 0.2) is 17.5 Å². The van der Waals surface area contributed by atoms with Crippen molar-refractivity contribution in [2.75, 3.05) is 11.5 Å². The number of aldehydes is 1. The Kier molecular flexibility index (Phi) is 1.70. The maximum Gasteiger partial charge on any atom is 0.152 e. The van der Waals surface area contributed by atoms with E-state index in [0.717, 1.165) is 16.4 Å². The molecule has 1 heterocycles. The van der Waals surface area contributed by atoms with Crippen molar-refractivity contribution in [1.82, 2.24) is 0 Å². The molecule has 0 amide bonds. The first kappa shape index (κ1) is 8.07. The molecule has 2 aromatic rings. The van der Waals surface area contributed by atoms with Gasteiger partial charge in [-0.2, -0.15) is 0 Å². The number of benzene rings is 1. The van der Waals surface area contributed by atoms with Gasteiger partial charge in [-0.1, -0.05) is 0 Å². The molecule has 0 atom stereocenters. The second-order valence-corrected chi connectivity index (χ2v) is 3.66. The molecule has 2 rings (SSSR count). The standard InChI is InChI=1S/C9H8N2OS/c10-6-1-2-8-9(5(6)3-12)7(11)4-13-8/h1-4H,10-11H2. The molecule has 13 heavy (non-hydrogen) atoms. The number of hydrogen-bond donors (Lipinski definition) is 2. The lowest BCUT2D eigenvalue weighted by molar-refractivity contribution is 0.112. The Bertz CT molecular complexity index is 476. The summed E-state index contributed by atoms with van der Waals surface area (Å²) in [6.45, 7) is 0. The van der Waals surface area contributed by atoms with E-state index in [2.05, 4.69) is 0 Å². The number of thiophene rings is 1. The molecule has 0 aliphatic carbocycles. The number of anilines is 2. The molecule has 0 spiro atoms. The minimum absolute atomic E-state index is 0.479. The van der Waals surface area contributed by atoms with Gasteiger partial charge < -0.3 is 11.5 Å². The summed E-state index contributed by atoms with van der Waals surface area (Å²) < 4.78 is 0.994. The van der Waals surface area contributed by atoms with E-state index in [1.165, 1.54) is 11.3 Å². The van der Waals surface area contributed by atoms with E-state index in [9.17, 15) is 4.79 Å². The molecule has 0 radical (unpaired) electrons. The Balaban J connectivity index is 2.96. The largest absolute Gasteiger partial charge is 0.398 e. The molecule has 3 nitrogen and oxygen atoms in total. The Morgan fingerprint density at radius 3 is 2.69 bits per heavy atom. The van der Waals surface area contributed by atoms with Crippen molar-refractivity contribution in [1.29, 1.82) is 0 Å². The molecule has 0 saturated carbocycles. The highest BCUT2D eigenvalue weighted by molar-refractivity contribution is 7.17. The molecule has 0 bridgehead atoms. The highest BCUT2D eigenvalue weighted by atomic mass is 32.1. The van der Waals surface area contributed by atoms with E-state index < -0.39 is 0 Å². The van der Waals surface area contributed by atoms with Crippen LogP contribution in [0.2, 0.25) is 0 Å². The maximum atomic E-state index is 10.8. The van der Waals surface area contributed by atoms with Crippen molar-refractivity contribution in [2.45, 2.75) is 0 Å². The van der Waals surface area contributed by atoms with E-state index in [1.54, 1.807) is 6.07 Å². The maximum absolute atomic E-state index is 10.8. The summed E-state index contributed by atoms with van der Waals surface area (Å²) in [5.74, 6) is 0. The Hall–Kier alpha value is -1.55. The minimum Gasteiger partial charge on any atom is -0.398 e. The predicted molar refractivity (Wildman–Crippen MR) is 56.0 cm³/mol. The lowest BCUT2D eigenvalue weighted by atomic mass is 10.1. The van der Waals surface area contributed by atoms with Crippen LogP contribution in [-0.4, -0.2) is 6.29 Å². The van der Waals surface area contributed by atoms with Gasteiger partial charge in [0, 0.05) is 26.7 Å². The molecular formula is C9H8N2OS. The summed E-state index contributed by atoms with van der Waals surface area (Å²) in [5.41, 5.74) is 13.0. The van der Waals surface area contributed by atoms with Crippen LogP contribution in [0.3, 0.4) is 0 Å². The average Bonchev–Trinajstić information content (AvgIpc) is 2.49. The van der Waals surface area contributed by atoms with Gasteiger partial charge in [0.15, 0.2) is 6.29 Å². The Morgan fingerprint density at radius 1 is 1.23 bits per heavy atom. The number of hydrogen-bond acceptors (Lipinski definition) is 4. The predicted octanol–water partition coefficient (Wildman–Crippen LogP) is 1.88. The normalized spacial score (nSPS) is 10.5. The average molecular weight is 192 g/mol.